The third kappa shape index (κ3) is 4.64. The largest absolute Gasteiger partial charge is 0.455 e. The Bertz CT molecular complexity index is 2010. The first-order valence-corrected chi connectivity index (χ1v) is 14.6. The Labute approximate surface area is 250 Å². The summed E-state index contributed by atoms with van der Waals surface area (Å²) in [5.74, 6) is 3.64. The molecule has 0 N–H and O–H groups in total. The Morgan fingerprint density at radius 3 is 0.884 bits per heavy atom. The van der Waals surface area contributed by atoms with E-state index in [1.165, 1.54) is 11.1 Å². The first kappa shape index (κ1) is 25.1. The zero-order chi connectivity index (χ0) is 28.6. The molecular weight excluding hydrogens is 524 g/mol. The molecule has 0 bridgehead atoms. The molecule has 43 heavy (non-hydrogen) atoms. The highest BCUT2D eigenvalue weighted by atomic mass is 16.3. The van der Waals surface area contributed by atoms with Gasteiger partial charge < -0.3 is 8.83 Å². The normalized spacial score (nSPS) is 11.3. The molecule has 0 aliphatic rings. The molecule has 0 radical (unpaired) electrons. The van der Waals surface area contributed by atoms with Crippen molar-refractivity contribution < 1.29 is 8.83 Å². The van der Waals surface area contributed by atoms with Crippen LogP contribution >= 0.6 is 0 Å². The molecule has 0 aliphatic heterocycles. The van der Waals surface area contributed by atoms with E-state index in [1.807, 2.05) is 36.4 Å². The average Bonchev–Trinajstić information content (AvgIpc) is 3.66. The Morgan fingerprint density at radius 1 is 0.279 bits per heavy atom. The molecule has 0 spiro atoms. The van der Waals surface area contributed by atoms with E-state index in [9.17, 15) is 0 Å². The first-order valence-electron chi connectivity index (χ1n) is 14.6. The highest BCUT2D eigenvalue weighted by molar-refractivity contribution is 6.03. The Balaban J connectivity index is 1.06. The molecule has 6 aromatic carbocycles. The second-order valence-corrected chi connectivity index (χ2v) is 10.9. The topological polar surface area (TPSA) is 26.3 Å². The number of hydrogen-bond donors (Lipinski definition) is 0. The third-order valence-electron chi connectivity index (χ3n) is 8.15. The van der Waals surface area contributed by atoms with Gasteiger partial charge in [0, 0.05) is 43.8 Å². The van der Waals surface area contributed by atoms with E-state index in [-0.39, 0.29) is 0 Å². The zero-order valence-corrected chi connectivity index (χ0v) is 23.5. The molecule has 0 atom stereocenters. The van der Waals surface area contributed by atoms with Crippen LogP contribution in [0.4, 0.5) is 0 Å². The second kappa shape index (κ2) is 10.7. The molecule has 0 unspecified atom stereocenters. The van der Waals surface area contributed by atoms with Gasteiger partial charge in [0.15, 0.2) is 0 Å². The zero-order valence-electron chi connectivity index (χ0n) is 23.5. The summed E-state index contributed by atoms with van der Waals surface area (Å²) < 4.78 is 13.0. The van der Waals surface area contributed by atoms with Crippen molar-refractivity contribution in [2.24, 2.45) is 0 Å². The number of hydrogen-bond acceptors (Lipinski definition) is 2. The van der Waals surface area contributed by atoms with Crippen molar-refractivity contribution in [3.05, 3.63) is 169 Å². The van der Waals surface area contributed by atoms with Gasteiger partial charge in [0.05, 0.1) is 0 Å². The van der Waals surface area contributed by atoms with E-state index in [0.717, 1.165) is 73.3 Å². The minimum atomic E-state index is 0.850. The van der Waals surface area contributed by atoms with E-state index >= 15 is 0 Å². The summed E-state index contributed by atoms with van der Waals surface area (Å²) in [6.07, 6.45) is 0.850. The van der Waals surface area contributed by atoms with Crippen LogP contribution in [0.5, 0.6) is 0 Å². The van der Waals surface area contributed by atoms with E-state index in [1.54, 1.807) is 0 Å². The van der Waals surface area contributed by atoms with Crippen LogP contribution in [0.1, 0.15) is 11.1 Å². The number of fused-ring (bicyclic) bond motifs is 2. The van der Waals surface area contributed by atoms with Gasteiger partial charge in [-0.05, 0) is 17.5 Å². The van der Waals surface area contributed by atoms with Crippen LogP contribution in [0.25, 0.3) is 66.8 Å². The fourth-order valence-electron chi connectivity index (χ4n) is 6.00. The van der Waals surface area contributed by atoms with Gasteiger partial charge >= 0.3 is 0 Å². The van der Waals surface area contributed by atoms with Gasteiger partial charge in [-0.2, -0.15) is 0 Å². The lowest BCUT2D eigenvalue weighted by molar-refractivity contribution is 0.601. The van der Waals surface area contributed by atoms with Crippen molar-refractivity contribution in [3.63, 3.8) is 0 Å². The summed E-state index contributed by atoms with van der Waals surface area (Å²) in [6.45, 7) is 0. The van der Waals surface area contributed by atoms with Gasteiger partial charge in [-0.15, -0.1) is 0 Å². The monoisotopic (exact) mass is 552 g/mol. The predicted octanol–water partition coefficient (Wildman–Crippen LogP) is 11.4. The molecule has 0 fully saturated rings. The average molecular weight is 553 g/mol. The number of benzene rings is 6. The Morgan fingerprint density at radius 2 is 0.558 bits per heavy atom. The van der Waals surface area contributed by atoms with E-state index in [2.05, 4.69) is 121 Å². The lowest BCUT2D eigenvalue weighted by Gasteiger charge is -2.06. The van der Waals surface area contributed by atoms with Crippen LogP contribution in [0, 0.1) is 0 Å². The summed E-state index contributed by atoms with van der Waals surface area (Å²) in [5.41, 5.74) is 6.84. The van der Waals surface area contributed by atoms with Crippen LogP contribution < -0.4 is 0 Å². The van der Waals surface area contributed by atoms with Gasteiger partial charge in [0.2, 0.25) is 0 Å². The molecule has 204 valence electrons. The van der Waals surface area contributed by atoms with Crippen molar-refractivity contribution in [3.8, 4) is 45.3 Å². The van der Waals surface area contributed by atoms with Gasteiger partial charge in [0.1, 0.15) is 23.0 Å². The summed E-state index contributed by atoms with van der Waals surface area (Å²) in [7, 11) is 0. The van der Waals surface area contributed by atoms with Gasteiger partial charge in [-0.25, -0.2) is 0 Å². The third-order valence-corrected chi connectivity index (χ3v) is 8.15. The maximum absolute atomic E-state index is 6.50. The summed E-state index contributed by atoms with van der Waals surface area (Å²) in [4.78, 5) is 0. The summed E-state index contributed by atoms with van der Waals surface area (Å²) >= 11 is 0. The molecule has 8 rings (SSSR count). The molecule has 8 aromatic rings. The lowest BCUT2D eigenvalue weighted by atomic mass is 9.99. The molecule has 0 saturated carbocycles. The molecule has 0 aliphatic carbocycles. The van der Waals surface area contributed by atoms with Crippen molar-refractivity contribution in [1.82, 2.24) is 0 Å². The second-order valence-electron chi connectivity index (χ2n) is 10.9. The molecule has 0 amide bonds. The van der Waals surface area contributed by atoms with Crippen molar-refractivity contribution in [1.29, 1.82) is 0 Å². The van der Waals surface area contributed by atoms with Crippen molar-refractivity contribution >= 4 is 21.5 Å². The maximum Gasteiger partial charge on any atom is 0.142 e. The standard InChI is InChI=1S/C41H28O2/c1-3-11-30(12-4-1)38-34-15-7-9-17-36(34)40(42-38)32-23-19-28(20-24-32)27-29-21-25-33(26-22-29)41-37-18-10-8-16-35(37)39(43-41)31-13-5-2-6-14-31/h1-26H,27H2. The SMILES string of the molecule is c1ccc(-c2oc(-c3ccc(Cc4ccc(-c5oc(-c6ccccc6)c6ccccc56)cc4)cc3)c3ccccc23)cc1. The predicted molar refractivity (Wildman–Crippen MR) is 177 cm³/mol. The van der Waals surface area contributed by atoms with Crippen LogP contribution in [-0.4, -0.2) is 0 Å². The van der Waals surface area contributed by atoms with Crippen LogP contribution in [-0.2, 0) is 6.42 Å². The molecule has 2 heterocycles. The number of rotatable bonds is 6. The Hall–Kier alpha value is -5.60. The molecule has 2 aromatic heterocycles. The highest BCUT2D eigenvalue weighted by Gasteiger charge is 2.17. The smallest absolute Gasteiger partial charge is 0.142 e. The lowest BCUT2D eigenvalue weighted by Crippen LogP contribution is -1.88. The van der Waals surface area contributed by atoms with Gasteiger partial charge in [0.25, 0.3) is 0 Å². The van der Waals surface area contributed by atoms with E-state index in [4.69, 9.17) is 8.83 Å². The van der Waals surface area contributed by atoms with Crippen LogP contribution in [0.2, 0.25) is 0 Å². The molecule has 2 heteroatoms. The Kier molecular flexibility index (Phi) is 6.23. The van der Waals surface area contributed by atoms with Crippen LogP contribution in [0.3, 0.4) is 0 Å². The number of furan rings is 2. The van der Waals surface area contributed by atoms with E-state index < -0.39 is 0 Å². The molecule has 2 nitrogen and oxygen atoms in total. The van der Waals surface area contributed by atoms with Crippen molar-refractivity contribution in [2.45, 2.75) is 6.42 Å². The molecular formula is C41H28O2. The summed E-state index contributed by atoms with van der Waals surface area (Å²) in [6, 6.07) is 55.0. The quantitative estimate of drug-likeness (QED) is 0.205. The molecule has 0 saturated heterocycles. The first-order chi connectivity index (χ1) is 21.3. The van der Waals surface area contributed by atoms with E-state index in [0.29, 0.717) is 0 Å². The maximum atomic E-state index is 6.50. The highest BCUT2D eigenvalue weighted by Crippen LogP contribution is 2.40. The fourth-order valence-corrected chi connectivity index (χ4v) is 6.00. The minimum Gasteiger partial charge on any atom is -0.455 e. The van der Waals surface area contributed by atoms with Crippen LogP contribution in [0.15, 0.2) is 167 Å². The van der Waals surface area contributed by atoms with Crippen molar-refractivity contribution in [2.75, 3.05) is 0 Å². The van der Waals surface area contributed by atoms with Gasteiger partial charge in [-0.1, -0.05) is 158 Å². The van der Waals surface area contributed by atoms with Gasteiger partial charge in [-0.3, -0.25) is 0 Å². The fraction of sp³-hybridized carbons (Fsp3) is 0.0244. The summed E-state index contributed by atoms with van der Waals surface area (Å²) in [5, 5.41) is 4.53. The minimum absolute atomic E-state index is 0.850.